The van der Waals surface area contributed by atoms with E-state index in [2.05, 4.69) is 79.7 Å². The number of hydrogen-bond acceptors (Lipinski definition) is 0. The normalized spacial score (nSPS) is 9.11. The number of aryl methyl sites for hydroxylation is 2. The van der Waals surface area contributed by atoms with Gasteiger partial charge in [-0.2, -0.15) is 79.5 Å². The number of unbranched alkanes of at least 4 members (excludes halogenated alkanes) is 1. The SMILES string of the molecule is CCCCn1ccc2ccc([N-]c3[c-]ccc[c-]3)[n+](C)c21.[CH2-]c1ccccc1.[CH2-]c1ccccc1.[CH2-]c1ccccc1.[Hf+4].[Pr].[Pr]. The average Bonchev–Trinajstić information content (AvgIpc) is 3.44. The molecule has 3 nitrogen and oxygen atoms in total. The molecule has 45 heavy (non-hydrogen) atoms. The Labute approximate surface area is 356 Å². The summed E-state index contributed by atoms with van der Waals surface area (Å²) in [6.07, 6.45) is 4.54. The quantitative estimate of drug-likeness (QED) is 0.0934. The fourth-order valence-electron chi connectivity index (χ4n) is 3.96. The van der Waals surface area contributed by atoms with Crippen LogP contribution in [0.2, 0.25) is 0 Å². The van der Waals surface area contributed by atoms with E-state index in [0.717, 1.165) is 34.7 Å². The van der Waals surface area contributed by atoms with Gasteiger partial charge in [0.1, 0.15) is 11.5 Å². The topological polar surface area (TPSA) is 22.9 Å². The molecule has 0 spiro atoms. The molecule has 222 valence electrons. The fourth-order valence-corrected chi connectivity index (χ4v) is 3.96. The molecule has 2 heterocycles. The Kier molecular flexibility index (Phi) is 24.8. The van der Waals surface area contributed by atoms with Gasteiger partial charge in [0.05, 0.1) is 0 Å². The van der Waals surface area contributed by atoms with Gasteiger partial charge in [0, 0.05) is 108 Å². The van der Waals surface area contributed by atoms with Crippen molar-refractivity contribution in [2.45, 2.75) is 26.3 Å². The first-order valence-electron chi connectivity index (χ1n) is 14.2. The number of pyridine rings is 1. The molecule has 0 aliphatic carbocycles. The number of benzene rings is 4. The zero-order valence-corrected chi connectivity index (χ0v) is 37.4. The van der Waals surface area contributed by atoms with Crippen LogP contribution in [0.1, 0.15) is 36.5 Å². The van der Waals surface area contributed by atoms with Gasteiger partial charge >= 0.3 is 25.8 Å². The van der Waals surface area contributed by atoms with Crippen LogP contribution in [0.4, 0.5) is 11.5 Å². The zero-order chi connectivity index (χ0) is 30.0. The standard InChI is InChI=1S/C18H19N3.3C7H7.Hf.2Pr/c1-3-4-13-21-14-12-15-10-11-17(20(2)18(15)21)19-16-8-6-5-7-9-16;3*1-7-5-3-2-4-6-7;;;/h5-7,10-12,14H,3-4,13H2,1-2H3;3*2-6H,1H2;;;/q-2;3*-1;+4;;. The molecule has 0 fully saturated rings. The van der Waals surface area contributed by atoms with Crippen molar-refractivity contribution in [1.29, 1.82) is 0 Å². The largest absolute Gasteiger partial charge is 4.00 e. The van der Waals surface area contributed by atoms with E-state index in [4.69, 9.17) is 0 Å². The van der Waals surface area contributed by atoms with Crippen LogP contribution in [-0.2, 0) is 39.4 Å². The van der Waals surface area contributed by atoms with E-state index in [1.54, 1.807) is 0 Å². The molecule has 6 rings (SSSR count). The summed E-state index contributed by atoms with van der Waals surface area (Å²) in [5.41, 5.74) is 5.16. The molecule has 0 unspecified atom stereocenters. The number of nitrogens with zero attached hydrogens (tertiary/aromatic N) is 3. The van der Waals surface area contributed by atoms with Gasteiger partial charge in [0.2, 0.25) is 0 Å². The molecule has 2 radical (unpaired) electrons. The van der Waals surface area contributed by atoms with Crippen molar-refractivity contribution in [3.63, 3.8) is 0 Å². The third kappa shape index (κ3) is 16.8. The second-order valence-corrected chi connectivity index (χ2v) is 9.62. The summed E-state index contributed by atoms with van der Waals surface area (Å²) in [4.78, 5) is 0. The predicted octanol–water partition coefficient (Wildman–Crippen LogP) is 9.81. The summed E-state index contributed by atoms with van der Waals surface area (Å²) in [5.74, 6) is 0.914. The summed E-state index contributed by atoms with van der Waals surface area (Å²) in [7, 11) is 2.06. The maximum absolute atomic E-state index is 4.63. The second-order valence-electron chi connectivity index (χ2n) is 9.62. The molecular weight excluding hydrogens is 971 g/mol. The van der Waals surface area contributed by atoms with Crippen LogP contribution in [0.3, 0.4) is 0 Å². The Morgan fingerprint density at radius 1 is 0.667 bits per heavy atom. The van der Waals surface area contributed by atoms with E-state index in [9.17, 15) is 0 Å². The molecule has 0 amide bonds. The Morgan fingerprint density at radius 3 is 1.53 bits per heavy atom. The van der Waals surface area contributed by atoms with Crippen LogP contribution in [0, 0.1) is 115 Å². The molecule has 0 saturated carbocycles. The van der Waals surface area contributed by atoms with E-state index in [0.29, 0.717) is 0 Å². The van der Waals surface area contributed by atoms with Crippen LogP contribution in [0.5, 0.6) is 0 Å². The van der Waals surface area contributed by atoms with Crippen molar-refractivity contribution >= 4 is 22.5 Å². The van der Waals surface area contributed by atoms with Crippen molar-refractivity contribution in [2.75, 3.05) is 0 Å². The summed E-state index contributed by atoms with van der Waals surface area (Å²) in [5, 5.41) is 5.87. The minimum Gasteiger partial charge on any atom is -0.334 e. The van der Waals surface area contributed by atoms with Gasteiger partial charge in [-0.15, -0.1) is 36.4 Å². The summed E-state index contributed by atoms with van der Waals surface area (Å²) in [6.45, 7) is 14.4. The molecule has 0 aliphatic heterocycles. The van der Waals surface area contributed by atoms with Crippen molar-refractivity contribution in [3.05, 3.63) is 189 Å². The van der Waals surface area contributed by atoms with E-state index >= 15 is 0 Å². The van der Waals surface area contributed by atoms with Gasteiger partial charge in [-0.25, -0.2) is 0 Å². The van der Waals surface area contributed by atoms with Gasteiger partial charge in [0.15, 0.2) is 0 Å². The Balaban J connectivity index is 0.000000665. The Morgan fingerprint density at radius 2 is 1.13 bits per heavy atom. The third-order valence-electron chi connectivity index (χ3n) is 6.18. The van der Waals surface area contributed by atoms with Crippen LogP contribution in [0.25, 0.3) is 16.4 Å². The summed E-state index contributed by atoms with van der Waals surface area (Å²) < 4.78 is 4.44. The van der Waals surface area contributed by atoms with Gasteiger partial charge in [0.25, 0.3) is 0 Å². The number of para-hydroxylation sites is 1. The maximum atomic E-state index is 4.63. The van der Waals surface area contributed by atoms with Gasteiger partial charge in [-0.3, -0.25) is 23.5 Å². The number of hydrogen-bond donors (Lipinski definition) is 0. The molecular formula is C39H40HfN3Pr2-. The van der Waals surface area contributed by atoms with Crippen LogP contribution >= 0.6 is 0 Å². The summed E-state index contributed by atoms with van der Waals surface area (Å²) >= 11 is 0. The smallest absolute Gasteiger partial charge is 0.334 e. The minimum absolute atomic E-state index is 0. The van der Waals surface area contributed by atoms with Crippen molar-refractivity contribution in [1.82, 2.24) is 4.57 Å². The second kappa shape index (κ2) is 25.6. The number of fused-ring (bicyclic) bond motifs is 1. The van der Waals surface area contributed by atoms with Crippen LogP contribution in [0.15, 0.2) is 134 Å². The Hall–Kier alpha value is -1.42. The molecule has 0 bridgehead atoms. The first-order chi connectivity index (χ1) is 20.5. The van der Waals surface area contributed by atoms with Crippen molar-refractivity contribution in [3.8, 4) is 0 Å². The van der Waals surface area contributed by atoms with Gasteiger partial charge in [-0.05, 0) is 24.6 Å². The molecule has 6 heteroatoms. The summed E-state index contributed by atoms with van der Waals surface area (Å²) in [6, 6.07) is 47.8. The molecule has 6 aromatic rings. The maximum Gasteiger partial charge on any atom is 4.00 e. The molecule has 0 aliphatic rings. The zero-order valence-electron chi connectivity index (χ0n) is 26.4. The Bertz CT molecular complexity index is 1470. The fraction of sp³-hybridized carbons (Fsp3) is 0.128. The monoisotopic (exact) mass is 1010 g/mol. The van der Waals surface area contributed by atoms with Gasteiger partial charge in [-0.1, -0.05) is 31.5 Å². The molecule has 4 aromatic carbocycles. The molecule has 0 saturated heterocycles. The molecule has 2 aromatic heterocycles. The molecule has 0 atom stereocenters. The number of rotatable bonds is 5. The molecule has 0 N–H and O–H groups in total. The third-order valence-corrected chi connectivity index (χ3v) is 6.18. The average molecular weight is 1010 g/mol. The predicted molar refractivity (Wildman–Crippen MR) is 178 cm³/mol. The van der Waals surface area contributed by atoms with E-state index in [-0.39, 0.29) is 108 Å². The van der Waals surface area contributed by atoms with Crippen molar-refractivity contribution in [2.24, 2.45) is 7.05 Å². The number of aromatic nitrogens is 2. The van der Waals surface area contributed by atoms with Crippen LogP contribution in [-0.4, -0.2) is 4.57 Å². The first-order valence-corrected chi connectivity index (χ1v) is 14.2. The van der Waals surface area contributed by atoms with Crippen molar-refractivity contribution < 1.29 is 113 Å². The van der Waals surface area contributed by atoms with Gasteiger partial charge < -0.3 is 21.3 Å². The van der Waals surface area contributed by atoms with E-state index in [1.165, 1.54) is 23.9 Å². The van der Waals surface area contributed by atoms with E-state index < -0.39 is 0 Å². The van der Waals surface area contributed by atoms with Crippen LogP contribution < -0.4 is 4.57 Å². The first kappa shape index (κ1) is 43.6. The van der Waals surface area contributed by atoms with E-state index in [1.807, 2.05) is 115 Å². The minimum atomic E-state index is 0.